The minimum absolute atomic E-state index is 0.0747. The van der Waals surface area contributed by atoms with Crippen LogP contribution in [-0.2, 0) is 0 Å². The molecule has 1 amide bonds. The van der Waals surface area contributed by atoms with E-state index in [1.165, 1.54) is 24.3 Å². The molecule has 0 aliphatic carbocycles. The van der Waals surface area contributed by atoms with E-state index >= 15 is 0 Å². The molecular formula is C14H20FN3O2. The van der Waals surface area contributed by atoms with Gasteiger partial charge in [-0.05, 0) is 30.2 Å². The molecule has 3 N–H and O–H groups in total. The zero-order chi connectivity index (χ0) is 15.1. The highest BCUT2D eigenvalue weighted by Gasteiger charge is 2.17. The lowest BCUT2D eigenvalue weighted by Gasteiger charge is -2.24. The molecule has 0 unspecified atom stereocenters. The molecule has 0 saturated carbocycles. The van der Waals surface area contributed by atoms with Gasteiger partial charge in [0.05, 0.1) is 0 Å². The zero-order valence-corrected chi connectivity index (χ0v) is 11.7. The molecule has 1 rings (SSSR count). The van der Waals surface area contributed by atoms with E-state index in [0.29, 0.717) is 18.7 Å². The summed E-state index contributed by atoms with van der Waals surface area (Å²) in [4.78, 5) is 14.0. The predicted molar refractivity (Wildman–Crippen MR) is 75.2 cm³/mol. The second-order valence-corrected chi connectivity index (χ2v) is 4.99. The molecule has 5 nitrogen and oxygen atoms in total. The summed E-state index contributed by atoms with van der Waals surface area (Å²) in [7, 11) is 0. The summed E-state index contributed by atoms with van der Waals surface area (Å²) in [5.74, 6) is -0.213. The van der Waals surface area contributed by atoms with Gasteiger partial charge in [0.2, 0.25) is 0 Å². The molecule has 20 heavy (non-hydrogen) atoms. The minimum atomic E-state index is -0.381. The lowest BCUT2D eigenvalue weighted by molar-refractivity contribution is 0.0740. The molecule has 0 atom stereocenters. The van der Waals surface area contributed by atoms with Gasteiger partial charge in [0, 0.05) is 25.1 Å². The van der Waals surface area contributed by atoms with Gasteiger partial charge in [0.15, 0.2) is 0 Å². The Kier molecular flexibility index (Phi) is 5.96. The van der Waals surface area contributed by atoms with E-state index in [0.717, 1.165) is 0 Å². The molecule has 0 bridgehead atoms. The number of carbonyl (C=O) groups excluding carboxylic acids is 1. The molecule has 0 aromatic heterocycles. The van der Waals surface area contributed by atoms with Gasteiger partial charge in [-0.1, -0.05) is 19.0 Å². The number of benzene rings is 1. The van der Waals surface area contributed by atoms with Crippen molar-refractivity contribution >= 4 is 11.7 Å². The molecular weight excluding hydrogens is 261 g/mol. The largest absolute Gasteiger partial charge is 0.409 e. The zero-order valence-electron chi connectivity index (χ0n) is 11.7. The van der Waals surface area contributed by atoms with Crippen molar-refractivity contribution in [2.24, 2.45) is 16.8 Å². The maximum absolute atomic E-state index is 12.9. The van der Waals surface area contributed by atoms with Crippen LogP contribution in [0.25, 0.3) is 0 Å². The molecule has 1 aromatic carbocycles. The van der Waals surface area contributed by atoms with Crippen molar-refractivity contribution in [1.29, 1.82) is 0 Å². The van der Waals surface area contributed by atoms with E-state index in [1.54, 1.807) is 4.90 Å². The molecule has 0 aliphatic rings. The fourth-order valence-electron chi connectivity index (χ4n) is 1.79. The van der Waals surface area contributed by atoms with Gasteiger partial charge in [0.1, 0.15) is 11.7 Å². The number of oxime groups is 1. The molecule has 0 radical (unpaired) electrons. The van der Waals surface area contributed by atoms with Gasteiger partial charge in [-0.2, -0.15) is 0 Å². The van der Waals surface area contributed by atoms with Gasteiger partial charge in [-0.3, -0.25) is 4.79 Å². The molecule has 0 fully saturated rings. The van der Waals surface area contributed by atoms with Crippen LogP contribution < -0.4 is 5.73 Å². The van der Waals surface area contributed by atoms with E-state index in [1.807, 2.05) is 13.8 Å². The number of nitrogens with zero attached hydrogens (tertiary/aromatic N) is 2. The van der Waals surface area contributed by atoms with Crippen LogP contribution in [-0.4, -0.2) is 34.9 Å². The first-order valence-corrected chi connectivity index (χ1v) is 6.45. The highest BCUT2D eigenvalue weighted by Crippen LogP contribution is 2.09. The Morgan fingerprint density at radius 2 is 2.00 bits per heavy atom. The number of hydrogen-bond donors (Lipinski definition) is 2. The van der Waals surface area contributed by atoms with Crippen molar-refractivity contribution in [2.45, 2.75) is 20.3 Å². The van der Waals surface area contributed by atoms with Crippen molar-refractivity contribution in [3.8, 4) is 0 Å². The summed E-state index contributed by atoms with van der Waals surface area (Å²) < 4.78 is 12.9. The third-order valence-electron chi connectivity index (χ3n) is 2.73. The first kappa shape index (κ1) is 15.9. The lowest BCUT2D eigenvalue weighted by Crippen LogP contribution is -2.36. The standard InChI is InChI=1S/C14H20FN3O2/c1-10(2)9-18(8-7-13(16)17-20)14(19)11-3-5-12(15)6-4-11/h3-6,10,20H,7-9H2,1-2H3,(H2,16,17). The Morgan fingerprint density at radius 3 is 2.50 bits per heavy atom. The number of nitrogens with two attached hydrogens (primary N) is 1. The summed E-state index contributed by atoms with van der Waals surface area (Å²) in [6, 6.07) is 5.41. The SMILES string of the molecule is CC(C)CN(CCC(N)=NO)C(=O)c1ccc(F)cc1. The quantitative estimate of drug-likeness (QED) is 0.362. The van der Waals surface area contributed by atoms with Crippen LogP contribution >= 0.6 is 0 Å². The maximum Gasteiger partial charge on any atom is 0.253 e. The molecule has 0 saturated heterocycles. The van der Waals surface area contributed by atoms with E-state index < -0.39 is 0 Å². The third kappa shape index (κ3) is 4.87. The summed E-state index contributed by atoms with van der Waals surface area (Å²) >= 11 is 0. The Bertz CT molecular complexity index is 472. The number of carbonyl (C=O) groups is 1. The number of amides is 1. The van der Waals surface area contributed by atoms with Crippen molar-refractivity contribution in [3.05, 3.63) is 35.6 Å². The van der Waals surface area contributed by atoms with Crippen LogP contribution in [0.1, 0.15) is 30.6 Å². The van der Waals surface area contributed by atoms with Crippen molar-refractivity contribution < 1.29 is 14.4 Å². The van der Waals surface area contributed by atoms with Crippen LogP contribution in [0, 0.1) is 11.7 Å². The van der Waals surface area contributed by atoms with E-state index in [2.05, 4.69) is 5.16 Å². The van der Waals surface area contributed by atoms with Gasteiger partial charge in [0.25, 0.3) is 5.91 Å². The Labute approximate surface area is 117 Å². The maximum atomic E-state index is 12.9. The van der Waals surface area contributed by atoms with Crippen LogP contribution in [0.15, 0.2) is 29.4 Å². The van der Waals surface area contributed by atoms with Crippen molar-refractivity contribution in [1.82, 2.24) is 4.90 Å². The first-order valence-electron chi connectivity index (χ1n) is 6.45. The number of amidine groups is 1. The van der Waals surface area contributed by atoms with E-state index in [9.17, 15) is 9.18 Å². The predicted octanol–water partition coefficient (Wildman–Crippen LogP) is 2.06. The van der Waals surface area contributed by atoms with E-state index in [-0.39, 0.29) is 29.9 Å². The number of halogens is 1. The lowest BCUT2D eigenvalue weighted by atomic mass is 10.1. The minimum Gasteiger partial charge on any atom is -0.409 e. The van der Waals surface area contributed by atoms with Crippen molar-refractivity contribution in [2.75, 3.05) is 13.1 Å². The summed E-state index contributed by atoms with van der Waals surface area (Å²) in [5, 5.41) is 11.4. The molecule has 1 aromatic rings. The third-order valence-corrected chi connectivity index (χ3v) is 2.73. The molecule has 110 valence electrons. The monoisotopic (exact) mass is 281 g/mol. The van der Waals surface area contributed by atoms with Crippen LogP contribution in [0.4, 0.5) is 4.39 Å². The van der Waals surface area contributed by atoms with Gasteiger partial charge in [-0.15, -0.1) is 0 Å². The van der Waals surface area contributed by atoms with Gasteiger partial charge >= 0.3 is 0 Å². The summed E-state index contributed by atoms with van der Waals surface area (Å²) in [5.41, 5.74) is 5.85. The molecule has 0 heterocycles. The second kappa shape index (κ2) is 7.47. The van der Waals surface area contributed by atoms with Crippen LogP contribution in [0.2, 0.25) is 0 Å². The second-order valence-electron chi connectivity index (χ2n) is 4.99. The Balaban J connectivity index is 2.80. The first-order chi connectivity index (χ1) is 9.43. The highest BCUT2D eigenvalue weighted by atomic mass is 19.1. The Hall–Kier alpha value is -2.11. The fraction of sp³-hybridized carbons (Fsp3) is 0.429. The molecule has 0 spiro atoms. The van der Waals surface area contributed by atoms with Crippen LogP contribution in [0.5, 0.6) is 0 Å². The summed E-state index contributed by atoms with van der Waals surface area (Å²) in [6.07, 6.45) is 0.288. The number of rotatable bonds is 6. The van der Waals surface area contributed by atoms with Crippen LogP contribution in [0.3, 0.4) is 0 Å². The smallest absolute Gasteiger partial charge is 0.253 e. The van der Waals surface area contributed by atoms with Gasteiger partial charge in [-0.25, -0.2) is 4.39 Å². The van der Waals surface area contributed by atoms with Crippen molar-refractivity contribution in [3.63, 3.8) is 0 Å². The average Bonchev–Trinajstić information content (AvgIpc) is 2.42. The molecule has 0 aliphatic heterocycles. The van der Waals surface area contributed by atoms with Gasteiger partial charge < -0.3 is 15.8 Å². The highest BCUT2D eigenvalue weighted by molar-refractivity contribution is 5.94. The Morgan fingerprint density at radius 1 is 1.40 bits per heavy atom. The fourth-order valence-corrected chi connectivity index (χ4v) is 1.79. The topological polar surface area (TPSA) is 78.9 Å². The average molecular weight is 281 g/mol. The normalized spacial score (nSPS) is 11.7. The molecule has 6 heteroatoms. The van der Waals surface area contributed by atoms with E-state index in [4.69, 9.17) is 10.9 Å². The number of hydrogen-bond acceptors (Lipinski definition) is 3. The summed E-state index contributed by atoms with van der Waals surface area (Å²) in [6.45, 7) is 4.89.